The number of thiazole rings is 1. The maximum Gasteiger partial charge on any atom is 0.270 e. The molecular weight excluding hydrogens is 386 g/mol. The number of carbonyl (C=O) groups excluding carboxylic acids is 1. The Hall–Kier alpha value is -2.54. The van der Waals surface area contributed by atoms with Crippen molar-refractivity contribution >= 4 is 28.2 Å². The molecule has 0 unspecified atom stereocenters. The minimum Gasteiger partial charge on any atom is -0.349 e. The van der Waals surface area contributed by atoms with Crippen molar-refractivity contribution in [3.8, 4) is 6.07 Å². The van der Waals surface area contributed by atoms with Gasteiger partial charge in [-0.15, -0.1) is 11.3 Å². The molecule has 1 saturated heterocycles. The highest BCUT2D eigenvalue weighted by Gasteiger charge is 2.21. The number of piperidine rings is 1. The molecule has 1 fully saturated rings. The molecule has 0 spiro atoms. The van der Waals surface area contributed by atoms with Crippen molar-refractivity contribution in [1.29, 1.82) is 5.26 Å². The van der Waals surface area contributed by atoms with E-state index in [0.29, 0.717) is 29.8 Å². The average Bonchev–Trinajstić information content (AvgIpc) is 3.17. The smallest absolute Gasteiger partial charge is 0.270 e. The topological polar surface area (TPSA) is 97.2 Å². The third kappa shape index (κ3) is 6.22. The molecule has 2 aromatic rings. The fraction of sp³-hybridized carbons (Fsp3) is 0.500. The number of aromatic nitrogens is 2. The van der Waals surface area contributed by atoms with Crippen LogP contribution in [-0.4, -0.2) is 72.5 Å². The molecule has 29 heavy (non-hydrogen) atoms. The van der Waals surface area contributed by atoms with Gasteiger partial charge in [-0.3, -0.25) is 9.69 Å². The SMILES string of the molecule is CN(C)CCNC(=O)c1csc(Nc2cccc(C3CCN(CC#N)CC3)n2)n1. The number of nitrogens with zero attached hydrogens (tertiary/aromatic N) is 5. The molecule has 0 saturated carbocycles. The van der Waals surface area contributed by atoms with E-state index in [2.05, 4.69) is 32.7 Å². The van der Waals surface area contributed by atoms with Gasteiger partial charge in [-0.05, 0) is 52.2 Å². The number of rotatable bonds is 8. The van der Waals surface area contributed by atoms with E-state index in [0.717, 1.165) is 44.0 Å². The number of carbonyl (C=O) groups is 1. The van der Waals surface area contributed by atoms with Gasteiger partial charge in [0.25, 0.3) is 5.91 Å². The van der Waals surface area contributed by atoms with Gasteiger partial charge in [-0.1, -0.05) is 6.07 Å². The number of amides is 1. The van der Waals surface area contributed by atoms with Crippen LogP contribution in [0.15, 0.2) is 23.6 Å². The van der Waals surface area contributed by atoms with Crippen molar-refractivity contribution < 1.29 is 4.79 Å². The van der Waals surface area contributed by atoms with E-state index in [-0.39, 0.29) is 5.91 Å². The van der Waals surface area contributed by atoms with Crippen molar-refractivity contribution in [2.45, 2.75) is 18.8 Å². The molecule has 8 nitrogen and oxygen atoms in total. The van der Waals surface area contributed by atoms with E-state index in [4.69, 9.17) is 10.2 Å². The molecule has 0 radical (unpaired) electrons. The number of nitrogens with one attached hydrogen (secondary N) is 2. The van der Waals surface area contributed by atoms with Crippen LogP contribution in [0.1, 0.15) is 34.9 Å². The van der Waals surface area contributed by atoms with Gasteiger partial charge in [0.15, 0.2) is 5.13 Å². The molecule has 0 atom stereocenters. The summed E-state index contributed by atoms with van der Waals surface area (Å²) in [4.78, 5) is 25.5. The van der Waals surface area contributed by atoms with Gasteiger partial charge in [0.1, 0.15) is 11.5 Å². The maximum absolute atomic E-state index is 12.2. The Bertz CT molecular complexity index is 853. The van der Waals surface area contributed by atoms with Gasteiger partial charge < -0.3 is 15.5 Å². The van der Waals surface area contributed by atoms with Gasteiger partial charge in [-0.25, -0.2) is 9.97 Å². The van der Waals surface area contributed by atoms with Gasteiger partial charge >= 0.3 is 0 Å². The fourth-order valence-corrected chi connectivity index (χ4v) is 3.96. The van der Waals surface area contributed by atoms with Crippen LogP contribution in [0, 0.1) is 11.3 Å². The molecule has 9 heteroatoms. The predicted molar refractivity (Wildman–Crippen MR) is 115 cm³/mol. The van der Waals surface area contributed by atoms with Crippen LogP contribution in [0.25, 0.3) is 0 Å². The highest BCUT2D eigenvalue weighted by atomic mass is 32.1. The number of hydrogen-bond acceptors (Lipinski definition) is 8. The Kier molecular flexibility index (Phi) is 7.52. The van der Waals surface area contributed by atoms with E-state index in [1.54, 1.807) is 5.38 Å². The third-order valence-electron chi connectivity index (χ3n) is 4.89. The van der Waals surface area contributed by atoms with E-state index in [1.165, 1.54) is 11.3 Å². The summed E-state index contributed by atoms with van der Waals surface area (Å²) in [6.45, 7) is 3.72. The lowest BCUT2D eigenvalue weighted by molar-refractivity contribution is 0.0947. The summed E-state index contributed by atoms with van der Waals surface area (Å²) in [6.07, 6.45) is 2.01. The highest BCUT2D eigenvalue weighted by Crippen LogP contribution is 2.28. The number of likely N-dealkylation sites (tertiary alicyclic amines) is 1. The summed E-state index contributed by atoms with van der Waals surface area (Å²) in [5.74, 6) is 0.971. The third-order valence-corrected chi connectivity index (χ3v) is 5.64. The zero-order chi connectivity index (χ0) is 20.6. The van der Waals surface area contributed by atoms with Crippen LogP contribution < -0.4 is 10.6 Å². The largest absolute Gasteiger partial charge is 0.349 e. The second-order valence-corrected chi connectivity index (χ2v) is 8.24. The van der Waals surface area contributed by atoms with Crippen molar-refractivity contribution in [2.24, 2.45) is 0 Å². The Labute approximate surface area is 175 Å². The number of likely N-dealkylation sites (N-methyl/N-ethyl adjacent to an activating group) is 1. The number of anilines is 2. The Morgan fingerprint density at radius 1 is 1.34 bits per heavy atom. The molecule has 0 aromatic carbocycles. The van der Waals surface area contributed by atoms with Crippen LogP contribution >= 0.6 is 11.3 Å². The average molecular weight is 414 g/mol. The summed E-state index contributed by atoms with van der Waals surface area (Å²) in [6, 6.07) is 8.18. The zero-order valence-corrected chi connectivity index (χ0v) is 17.7. The first-order valence-corrected chi connectivity index (χ1v) is 10.6. The van der Waals surface area contributed by atoms with Gasteiger partial charge in [0.2, 0.25) is 0 Å². The van der Waals surface area contributed by atoms with E-state index >= 15 is 0 Å². The summed E-state index contributed by atoms with van der Waals surface area (Å²) < 4.78 is 0. The number of pyridine rings is 1. The molecule has 1 aliphatic heterocycles. The summed E-state index contributed by atoms with van der Waals surface area (Å²) in [5.41, 5.74) is 1.47. The van der Waals surface area contributed by atoms with E-state index in [9.17, 15) is 4.79 Å². The van der Waals surface area contributed by atoms with Crippen LogP contribution in [0.5, 0.6) is 0 Å². The Balaban J connectivity index is 1.56. The normalized spacial score (nSPS) is 15.2. The van der Waals surface area contributed by atoms with E-state index < -0.39 is 0 Å². The molecule has 3 rings (SSSR count). The van der Waals surface area contributed by atoms with Crippen LogP contribution in [0.4, 0.5) is 10.9 Å². The summed E-state index contributed by atoms with van der Waals surface area (Å²) in [5, 5.41) is 17.3. The molecule has 2 N–H and O–H groups in total. The first-order valence-electron chi connectivity index (χ1n) is 9.77. The lowest BCUT2D eigenvalue weighted by atomic mass is 9.93. The minimum absolute atomic E-state index is 0.165. The monoisotopic (exact) mass is 413 g/mol. The van der Waals surface area contributed by atoms with Gasteiger partial charge in [0.05, 0.1) is 12.6 Å². The van der Waals surface area contributed by atoms with Crippen molar-refractivity contribution in [1.82, 2.24) is 25.1 Å². The summed E-state index contributed by atoms with van der Waals surface area (Å²) >= 11 is 1.39. The number of nitriles is 1. The molecular formula is C20H27N7OS. The minimum atomic E-state index is -0.165. The molecule has 3 heterocycles. The number of hydrogen-bond donors (Lipinski definition) is 2. The van der Waals surface area contributed by atoms with Gasteiger partial charge in [0, 0.05) is 30.1 Å². The Morgan fingerprint density at radius 3 is 2.86 bits per heavy atom. The second kappa shape index (κ2) is 10.3. The lowest BCUT2D eigenvalue weighted by Crippen LogP contribution is -2.33. The van der Waals surface area contributed by atoms with Crippen LogP contribution in [0.3, 0.4) is 0 Å². The second-order valence-electron chi connectivity index (χ2n) is 7.38. The quantitative estimate of drug-likeness (QED) is 0.641. The summed E-state index contributed by atoms with van der Waals surface area (Å²) in [7, 11) is 3.93. The van der Waals surface area contributed by atoms with Crippen LogP contribution in [0.2, 0.25) is 0 Å². The predicted octanol–water partition coefficient (Wildman–Crippen LogP) is 2.28. The first-order chi connectivity index (χ1) is 14.0. The van der Waals surface area contributed by atoms with Crippen molar-refractivity contribution in [3.05, 3.63) is 35.0 Å². The maximum atomic E-state index is 12.2. The molecule has 154 valence electrons. The molecule has 2 aromatic heterocycles. The molecule has 0 aliphatic carbocycles. The highest BCUT2D eigenvalue weighted by molar-refractivity contribution is 7.14. The van der Waals surface area contributed by atoms with Crippen molar-refractivity contribution in [2.75, 3.05) is 52.1 Å². The first kappa shape index (κ1) is 21.2. The Morgan fingerprint density at radius 2 is 2.14 bits per heavy atom. The molecule has 1 amide bonds. The standard InChI is InChI=1S/C20H27N7OS/c1-26(2)13-9-22-19(28)17-14-29-20(24-17)25-18-5-3-4-16(23-18)15-6-10-27(11-7-15)12-8-21/h3-5,14-15H,6-7,9-13H2,1-2H3,(H,22,28)(H,23,24,25). The zero-order valence-electron chi connectivity index (χ0n) is 16.9. The van der Waals surface area contributed by atoms with Crippen molar-refractivity contribution in [3.63, 3.8) is 0 Å². The van der Waals surface area contributed by atoms with E-state index in [1.807, 2.05) is 31.1 Å². The lowest BCUT2D eigenvalue weighted by Gasteiger charge is -2.29. The van der Waals surface area contributed by atoms with Gasteiger partial charge in [-0.2, -0.15) is 5.26 Å². The molecule has 0 bridgehead atoms. The molecule has 1 aliphatic rings. The fourth-order valence-electron chi connectivity index (χ4n) is 3.26. The van der Waals surface area contributed by atoms with Crippen LogP contribution in [-0.2, 0) is 0 Å².